The summed E-state index contributed by atoms with van der Waals surface area (Å²) >= 11 is 0. The van der Waals surface area contributed by atoms with Crippen LogP contribution in [0.3, 0.4) is 0 Å². The zero-order chi connectivity index (χ0) is 77.9. The average molecular weight is 1090 g/mol. The molecule has 0 nitrogen and oxygen atoms in total. The predicted octanol–water partition coefficient (Wildman–Crippen LogP) is 23.8. The molecule has 0 heteroatoms. The first-order valence-corrected chi connectivity index (χ1v) is 27.1. The fourth-order valence-corrected chi connectivity index (χ4v) is 12.3. The fourth-order valence-electron chi connectivity index (χ4n) is 12.3. The highest BCUT2D eigenvalue weighted by atomic mass is 14.2. The first-order valence-electron chi connectivity index (χ1n) is 40.1. The van der Waals surface area contributed by atoms with Crippen LogP contribution in [0, 0.1) is 0 Å². The Morgan fingerprint density at radius 3 is 1.19 bits per heavy atom. The molecule has 0 aliphatic rings. The van der Waals surface area contributed by atoms with E-state index in [1.165, 1.54) is 98.0 Å². The van der Waals surface area contributed by atoms with E-state index in [4.69, 9.17) is 23.3 Å². The van der Waals surface area contributed by atoms with Gasteiger partial charge in [-0.2, -0.15) is 0 Å². The van der Waals surface area contributed by atoms with E-state index in [-0.39, 0.29) is 0 Å². The highest BCUT2D eigenvalue weighted by Crippen LogP contribution is 2.47. The van der Waals surface area contributed by atoms with E-state index in [0.717, 1.165) is 0 Å². The molecule has 0 fully saturated rings. The molecule has 18 rings (SSSR count). The zero-order valence-corrected chi connectivity index (χ0v) is 44.0. The topological polar surface area (TPSA) is 0 Å². The minimum Gasteiger partial charge on any atom is -0.0622 e. The normalized spacial score (nSPS) is 16.1. The molecule has 0 N–H and O–H groups in total. The molecule has 84 heavy (non-hydrogen) atoms. The molecular formula is C84H52. The molecule has 0 saturated carbocycles. The van der Waals surface area contributed by atoms with Crippen LogP contribution in [-0.4, -0.2) is 0 Å². The molecule has 0 bridgehead atoms. The first kappa shape index (κ1) is 28.7. The van der Waals surface area contributed by atoms with Gasteiger partial charge in [-0.25, -0.2) is 0 Å². The SMILES string of the molecule is [2H]c1c([2H])c(-c2c3c([2H])c([2H])c([2H])c([2H])c3c(-c3c([2H])c([2H])c([2H])c4c([2H])c([2H])c([2H])c([2H])c34)c3c([2H])c([2H])c([2H])c([2H])c23)c([2H])c([2H])c1-c1c([2H])c([2H])c2c([2H])c([2H])c([2H])c([2H])c2c1[2H].c1ccc(-c2cc(-c3ccc4ccc5cccc6ccc3c4c56)cc(-c3ccc4ccc5cccc6ccc3c4c56)c2)cc1. The molecule has 0 aliphatic carbocycles. The molecular weight excluding hydrogens is 1010 g/mol. The summed E-state index contributed by atoms with van der Waals surface area (Å²) in [6.07, 6.45) is 0. The summed E-state index contributed by atoms with van der Waals surface area (Å²) in [6, 6.07) is 34.7. The van der Waals surface area contributed by atoms with E-state index in [2.05, 4.69) is 158 Å². The molecule has 0 aromatic heterocycles. The van der Waals surface area contributed by atoms with Crippen molar-refractivity contribution in [3.05, 3.63) is 315 Å². The van der Waals surface area contributed by atoms with Crippen molar-refractivity contribution in [2.45, 2.75) is 0 Å². The molecule has 18 aromatic rings. The van der Waals surface area contributed by atoms with Crippen molar-refractivity contribution in [1.29, 1.82) is 0 Å². The Labute approximate surface area is 523 Å². The van der Waals surface area contributed by atoms with Crippen LogP contribution in [-0.2, 0) is 0 Å². The molecule has 0 saturated heterocycles. The lowest BCUT2D eigenvalue weighted by Gasteiger charge is -2.19. The highest BCUT2D eigenvalue weighted by Gasteiger charge is 2.20. The van der Waals surface area contributed by atoms with Crippen LogP contribution < -0.4 is 0 Å². The second-order valence-electron chi connectivity index (χ2n) is 20.6. The number of hydrogen-bond acceptors (Lipinski definition) is 0. The van der Waals surface area contributed by atoms with Crippen LogP contribution in [0.15, 0.2) is 315 Å². The molecule has 0 unspecified atom stereocenters. The van der Waals surface area contributed by atoms with E-state index in [0.29, 0.717) is 0 Å². The maximum atomic E-state index is 9.43. The maximum Gasteiger partial charge on any atom is 0.0636 e. The van der Waals surface area contributed by atoms with Crippen molar-refractivity contribution < 1.29 is 35.6 Å². The Morgan fingerprint density at radius 2 is 0.619 bits per heavy atom. The fraction of sp³-hybridized carbons (Fsp3) is 0. The van der Waals surface area contributed by atoms with Crippen molar-refractivity contribution in [3.8, 4) is 66.8 Å². The van der Waals surface area contributed by atoms with E-state index in [1.807, 2.05) is 0 Å². The van der Waals surface area contributed by atoms with Gasteiger partial charge in [-0.05, 0) is 199 Å². The Kier molecular flexibility index (Phi) is 6.61. The van der Waals surface area contributed by atoms with E-state index < -0.39 is 234 Å². The van der Waals surface area contributed by atoms with Crippen LogP contribution in [0.5, 0.6) is 0 Å². The van der Waals surface area contributed by atoms with E-state index >= 15 is 0 Å². The van der Waals surface area contributed by atoms with Gasteiger partial charge in [0.15, 0.2) is 0 Å². The predicted molar refractivity (Wildman–Crippen MR) is 363 cm³/mol. The van der Waals surface area contributed by atoms with E-state index in [9.17, 15) is 12.3 Å². The standard InChI is InChI=1S/C44H26.C40H26/c1-2-6-27(7-3-1)34-24-35(37-20-16-32-14-12-28-8-4-10-30-18-22-39(37)43(32)41(28)30)26-36(25-34)38-21-17-33-15-13-29-9-5-11-31-19-23-40(38)44(33)42(29)31;1-2-12-31-26-32(25-22-27(31)10-1)28-20-23-30(24-21-28)39-35-15-5-7-17-37(35)40(38-18-8-6-16-36(38)39)34-19-9-13-29-11-3-4-14-33(29)34/h1-26H;1-26H/i;1D,2D,3D,4D,5D,6D,7D,8D,9D,10D,11D,12D,13D,14D,15D,16D,17D,18D,19D,20D,21D,22D,23D,24D,25D,26D. The summed E-state index contributed by atoms with van der Waals surface area (Å²) in [7, 11) is 0. The van der Waals surface area contributed by atoms with Crippen molar-refractivity contribution >= 4 is 108 Å². The van der Waals surface area contributed by atoms with Crippen LogP contribution in [0.1, 0.15) is 35.6 Å². The molecule has 0 spiro atoms. The van der Waals surface area contributed by atoms with Gasteiger partial charge in [-0.15, -0.1) is 0 Å². The summed E-state index contributed by atoms with van der Waals surface area (Å²) in [6.45, 7) is 0. The van der Waals surface area contributed by atoms with Crippen molar-refractivity contribution in [3.63, 3.8) is 0 Å². The Morgan fingerprint density at radius 1 is 0.190 bits per heavy atom. The zero-order valence-electron chi connectivity index (χ0n) is 70.0. The van der Waals surface area contributed by atoms with Gasteiger partial charge >= 0.3 is 0 Å². The highest BCUT2D eigenvalue weighted by molar-refractivity contribution is 6.28. The van der Waals surface area contributed by atoms with Crippen LogP contribution in [0.4, 0.5) is 0 Å². The second kappa shape index (κ2) is 19.4. The molecule has 18 aromatic carbocycles. The lowest BCUT2D eigenvalue weighted by Crippen LogP contribution is -1.91. The second-order valence-corrected chi connectivity index (χ2v) is 20.6. The summed E-state index contributed by atoms with van der Waals surface area (Å²) in [4.78, 5) is 0. The summed E-state index contributed by atoms with van der Waals surface area (Å²) in [5, 5.41) is 10.6. The van der Waals surface area contributed by atoms with E-state index in [1.54, 1.807) is 0 Å². The van der Waals surface area contributed by atoms with Gasteiger partial charge in [0.1, 0.15) is 0 Å². The van der Waals surface area contributed by atoms with Crippen LogP contribution in [0.2, 0.25) is 0 Å². The largest absolute Gasteiger partial charge is 0.0636 e. The lowest BCUT2D eigenvalue weighted by atomic mass is 9.84. The minimum atomic E-state index is -1.07. The van der Waals surface area contributed by atoms with Gasteiger partial charge in [0.25, 0.3) is 0 Å². The summed E-state index contributed by atoms with van der Waals surface area (Å²) in [5.74, 6) is 0. The van der Waals surface area contributed by atoms with Gasteiger partial charge < -0.3 is 0 Å². The smallest absolute Gasteiger partial charge is 0.0622 e. The number of hydrogen-bond donors (Lipinski definition) is 0. The molecule has 0 heterocycles. The molecule has 0 aliphatic heterocycles. The molecule has 388 valence electrons. The molecule has 0 atom stereocenters. The number of fused-ring (bicyclic) bond motifs is 4. The van der Waals surface area contributed by atoms with Gasteiger partial charge in [-0.3, -0.25) is 0 Å². The third-order valence-electron chi connectivity index (χ3n) is 16.0. The van der Waals surface area contributed by atoms with Crippen LogP contribution >= 0.6 is 0 Å². The van der Waals surface area contributed by atoms with Crippen molar-refractivity contribution in [2.75, 3.05) is 0 Å². The minimum absolute atomic E-state index is 0.526. The van der Waals surface area contributed by atoms with Crippen LogP contribution in [0.25, 0.3) is 174 Å². The Balaban J connectivity index is 0.000000172. The molecule has 0 amide bonds. The lowest BCUT2D eigenvalue weighted by molar-refractivity contribution is 1.59. The summed E-state index contributed by atoms with van der Waals surface area (Å²) < 4.78 is 230. The number of benzene rings is 18. The summed E-state index contributed by atoms with van der Waals surface area (Å²) in [5.41, 5.74) is 2.96. The van der Waals surface area contributed by atoms with Gasteiger partial charge in [-0.1, -0.05) is 291 Å². The third-order valence-corrected chi connectivity index (χ3v) is 16.0. The quantitative estimate of drug-likeness (QED) is 0.115. The average Bonchev–Trinajstić information content (AvgIpc) is 0.684. The van der Waals surface area contributed by atoms with Gasteiger partial charge in [0, 0.05) is 0 Å². The Bertz CT molecular complexity index is 6900. The number of rotatable bonds is 6. The van der Waals surface area contributed by atoms with Gasteiger partial charge in [0.05, 0.1) is 35.6 Å². The maximum absolute atomic E-state index is 9.43. The third kappa shape index (κ3) is 7.76. The first-order chi connectivity index (χ1) is 52.5. The van der Waals surface area contributed by atoms with Crippen molar-refractivity contribution in [1.82, 2.24) is 0 Å². The van der Waals surface area contributed by atoms with Gasteiger partial charge in [0.2, 0.25) is 0 Å². The van der Waals surface area contributed by atoms with Crippen molar-refractivity contribution in [2.24, 2.45) is 0 Å². The Hall–Kier alpha value is -10.9. The monoisotopic (exact) mass is 1090 g/mol. The molecule has 0 radical (unpaired) electrons.